The van der Waals surface area contributed by atoms with Crippen molar-refractivity contribution in [2.24, 2.45) is 0 Å². The predicted octanol–water partition coefficient (Wildman–Crippen LogP) is 2.97. The van der Waals surface area contributed by atoms with E-state index < -0.39 is 0 Å². The van der Waals surface area contributed by atoms with Gasteiger partial charge < -0.3 is 4.74 Å². The van der Waals surface area contributed by atoms with E-state index in [1.54, 1.807) is 0 Å². The van der Waals surface area contributed by atoms with Crippen LogP contribution in [0.25, 0.3) is 0 Å². The Hall–Kier alpha value is -1.06. The minimum atomic E-state index is 0.278. The molecule has 1 aliphatic heterocycles. The summed E-state index contributed by atoms with van der Waals surface area (Å²) in [5.41, 5.74) is 4.46. The Balaban J connectivity index is 1.64. The number of ether oxygens (including phenoxy) is 1. The first-order valence-corrected chi connectivity index (χ1v) is 6.56. The number of fused-ring (bicyclic) bond motifs is 1. The lowest BCUT2D eigenvalue weighted by Crippen LogP contribution is -2.30. The summed E-state index contributed by atoms with van der Waals surface area (Å²) >= 11 is 0. The molecule has 1 aliphatic carbocycles. The van der Waals surface area contributed by atoms with E-state index in [0.717, 1.165) is 18.8 Å². The van der Waals surface area contributed by atoms with Crippen LogP contribution < -0.4 is 10.2 Å². The average molecular weight is 233 g/mol. The van der Waals surface area contributed by atoms with E-state index in [-0.39, 0.29) is 6.04 Å². The normalized spacial score (nSPS) is 24.4. The highest BCUT2D eigenvalue weighted by molar-refractivity contribution is 5.37. The van der Waals surface area contributed by atoms with Gasteiger partial charge in [0.2, 0.25) is 0 Å². The van der Waals surface area contributed by atoms with Crippen LogP contribution in [-0.4, -0.2) is 12.7 Å². The molecule has 0 amide bonds. The topological polar surface area (TPSA) is 30.5 Å². The van der Waals surface area contributed by atoms with Crippen LogP contribution in [-0.2, 0) is 4.84 Å². The molecule has 0 radical (unpaired) electrons. The molecule has 3 rings (SSSR count). The monoisotopic (exact) mass is 233 g/mol. The summed E-state index contributed by atoms with van der Waals surface area (Å²) in [5, 5.41) is 0. The molecule has 17 heavy (non-hydrogen) atoms. The van der Waals surface area contributed by atoms with E-state index in [1.165, 1.54) is 31.2 Å². The van der Waals surface area contributed by atoms with E-state index in [9.17, 15) is 0 Å². The summed E-state index contributed by atoms with van der Waals surface area (Å²) < 4.78 is 5.63. The van der Waals surface area contributed by atoms with Gasteiger partial charge in [-0.05, 0) is 18.9 Å². The summed E-state index contributed by atoms with van der Waals surface area (Å²) in [6, 6.07) is 8.49. The third kappa shape index (κ3) is 2.45. The van der Waals surface area contributed by atoms with Gasteiger partial charge in [-0.3, -0.25) is 4.84 Å². The Kier molecular flexibility index (Phi) is 3.29. The van der Waals surface area contributed by atoms with Gasteiger partial charge in [0.1, 0.15) is 5.75 Å². The Morgan fingerprint density at radius 3 is 2.82 bits per heavy atom. The molecule has 92 valence electrons. The van der Waals surface area contributed by atoms with Crippen molar-refractivity contribution in [3.8, 4) is 5.75 Å². The molecule has 1 fully saturated rings. The van der Waals surface area contributed by atoms with Crippen molar-refractivity contribution in [1.82, 2.24) is 5.48 Å². The first-order chi connectivity index (χ1) is 8.43. The summed E-state index contributed by atoms with van der Waals surface area (Å²) in [6.45, 7) is 0.767. The first-order valence-electron chi connectivity index (χ1n) is 6.56. The van der Waals surface area contributed by atoms with Crippen molar-refractivity contribution in [2.45, 2.75) is 44.2 Å². The number of hydrogen-bond acceptors (Lipinski definition) is 3. The average Bonchev–Trinajstić information content (AvgIpc) is 2.89. The summed E-state index contributed by atoms with van der Waals surface area (Å²) in [4.78, 5) is 5.79. The standard InChI is InChI=1S/C14H19NO2/c1-2-6-11(5-1)17-15-13-9-10-16-14-8-4-3-7-12(13)14/h3-4,7-8,11,13,15H,1-2,5-6,9-10H2. The third-order valence-electron chi connectivity index (χ3n) is 3.64. The summed E-state index contributed by atoms with van der Waals surface area (Å²) in [5.74, 6) is 0.992. The fourth-order valence-electron chi connectivity index (χ4n) is 2.65. The maximum atomic E-state index is 5.79. The Morgan fingerprint density at radius 2 is 1.94 bits per heavy atom. The van der Waals surface area contributed by atoms with E-state index in [0.29, 0.717) is 6.10 Å². The largest absolute Gasteiger partial charge is 0.493 e. The van der Waals surface area contributed by atoms with Crippen molar-refractivity contribution in [3.05, 3.63) is 29.8 Å². The maximum Gasteiger partial charge on any atom is 0.124 e. The molecule has 1 heterocycles. The van der Waals surface area contributed by atoms with Gasteiger partial charge in [-0.2, -0.15) is 5.48 Å². The number of para-hydroxylation sites is 1. The quantitative estimate of drug-likeness (QED) is 0.814. The van der Waals surface area contributed by atoms with Crippen molar-refractivity contribution >= 4 is 0 Å². The molecule has 1 saturated carbocycles. The SMILES string of the molecule is c1ccc2c(c1)OCCC2NOC1CCCC1. The van der Waals surface area contributed by atoms with Crippen LogP contribution in [0.5, 0.6) is 5.75 Å². The molecule has 3 heteroatoms. The zero-order valence-corrected chi connectivity index (χ0v) is 10.0. The molecular formula is C14H19NO2. The fourth-order valence-corrected chi connectivity index (χ4v) is 2.65. The molecular weight excluding hydrogens is 214 g/mol. The van der Waals surface area contributed by atoms with Gasteiger partial charge >= 0.3 is 0 Å². The minimum absolute atomic E-state index is 0.278. The number of hydroxylamine groups is 1. The highest BCUT2D eigenvalue weighted by atomic mass is 16.7. The van der Waals surface area contributed by atoms with Crippen molar-refractivity contribution in [1.29, 1.82) is 0 Å². The lowest BCUT2D eigenvalue weighted by molar-refractivity contribution is -0.0469. The van der Waals surface area contributed by atoms with E-state index in [4.69, 9.17) is 9.57 Å². The van der Waals surface area contributed by atoms with Crippen LogP contribution in [0.3, 0.4) is 0 Å². The third-order valence-corrected chi connectivity index (χ3v) is 3.64. The highest BCUT2D eigenvalue weighted by Gasteiger charge is 2.23. The number of benzene rings is 1. The lowest BCUT2D eigenvalue weighted by Gasteiger charge is -2.27. The molecule has 2 aliphatic rings. The van der Waals surface area contributed by atoms with Gasteiger partial charge in [-0.25, -0.2) is 0 Å². The van der Waals surface area contributed by atoms with Crippen LogP contribution >= 0.6 is 0 Å². The van der Waals surface area contributed by atoms with Crippen LogP contribution in [0.15, 0.2) is 24.3 Å². The van der Waals surface area contributed by atoms with Crippen molar-refractivity contribution in [3.63, 3.8) is 0 Å². The summed E-state index contributed by atoms with van der Waals surface area (Å²) in [7, 11) is 0. The highest BCUT2D eigenvalue weighted by Crippen LogP contribution is 2.32. The minimum Gasteiger partial charge on any atom is -0.493 e. The van der Waals surface area contributed by atoms with Crippen LogP contribution in [0.2, 0.25) is 0 Å². The molecule has 1 atom stereocenters. The molecule has 1 aromatic carbocycles. The molecule has 3 nitrogen and oxygen atoms in total. The number of nitrogens with one attached hydrogen (secondary N) is 1. The zero-order valence-electron chi connectivity index (χ0n) is 10.0. The molecule has 1 N–H and O–H groups in total. The Morgan fingerprint density at radius 1 is 1.12 bits per heavy atom. The number of rotatable bonds is 3. The van der Waals surface area contributed by atoms with Crippen molar-refractivity contribution in [2.75, 3.05) is 6.61 Å². The van der Waals surface area contributed by atoms with Gasteiger partial charge in [-0.15, -0.1) is 0 Å². The van der Waals surface area contributed by atoms with E-state index in [2.05, 4.69) is 17.6 Å². The van der Waals surface area contributed by atoms with Gasteiger partial charge in [0.25, 0.3) is 0 Å². The van der Waals surface area contributed by atoms with Crippen LogP contribution in [0.1, 0.15) is 43.7 Å². The molecule has 0 saturated heterocycles. The lowest BCUT2D eigenvalue weighted by atomic mass is 10.0. The molecule has 0 spiro atoms. The van der Waals surface area contributed by atoms with E-state index in [1.807, 2.05) is 12.1 Å². The molecule has 0 bridgehead atoms. The Bertz CT molecular complexity index is 374. The molecule has 1 unspecified atom stereocenters. The van der Waals surface area contributed by atoms with Gasteiger partial charge in [-0.1, -0.05) is 31.0 Å². The van der Waals surface area contributed by atoms with Gasteiger partial charge in [0.15, 0.2) is 0 Å². The predicted molar refractivity (Wildman–Crippen MR) is 65.8 cm³/mol. The second kappa shape index (κ2) is 5.07. The summed E-state index contributed by atoms with van der Waals surface area (Å²) in [6.07, 6.45) is 6.37. The van der Waals surface area contributed by atoms with Crippen LogP contribution in [0.4, 0.5) is 0 Å². The van der Waals surface area contributed by atoms with Gasteiger partial charge in [0.05, 0.1) is 18.8 Å². The second-order valence-corrected chi connectivity index (χ2v) is 4.87. The first kappa shape index (κ1) is 11.1. The second-order valence-electron chi connectivity index (χ2n) is 4.87. The fraction of sp³-hybridized carbons (Fsp3) is 0.571. The van der Waals surface area contributed by atoms with Crippen molar-refractivity contribution < 1.29 is 9.57 Å². The maximum absolute atomic E-state index is 5.79. The Labute approximate surface area is 102 Å². The molecule has 0 aromatic heterocycles. The zero-order chi connectivity index (χ0) is 11.5. The number of hydrogen-bond donors (Lipinski definition) is 1. The van der Waals surface area contributed by atoms with Gasteiger partial charge in [0, 0.05) is 12.0 Å². The van der Waals surface area contributed by atoms with Crippen LogP contribution in [0, 0.1) is 0 Å². The smallest absolute Gasteiger partial charge is 0.124 e. The molecule has 1 aromatic rings. The van der Waals surface area contributed by atoms with E-state index >= 15 is 0 Å².